The second-order valence-electron chi connectivity index (χ2n) is 6.44. The number of halogens is 2. The molecule has 0 aliphatic carbocycles. The Morgan fingerprint density at radius 3 is 2.00 bits per heavy atom. The molecule has 1 saturated heterocycles. The fourth-order valence-corrected chi connectivity index (χ4v) is 2.71. The number of benzene rings is 1. The molecular formula is C18H30Cl2N4O2. The van der Waals surface area contributed by atoms with Crippen LogP contribution >= 0.6 is 24.8 Å². The monoisotopic (exact) mass is 404 g/mol. The van der Waals surface area contributed by atoms with E-state index >= 15 is 0 Å². The molecule has 8 heteroatoms. The van der Waals surface area contributed by atoms with Crippen molar-refractivity contribution in [2.45, 2.75) is 32.6 Å². The van der Waals surface area contributed by atoms with Gasteiger partial charge in [0.25, 0.3) is 0 Å². The number of rotatable bonds is 6. The minimum Gasteiger partial charge on any atom is -0.330 e. The number of carbonyl (C=O) groups excluding carboxylic acids is 2. The zero-order valence-electron chi connectivity index (χ0n) is 15.2. The standard InChI is InChI=1S/C18H28N4O2.2ClH/c1-14(12-19)18(24)21-16-8-6-15(7-9-16)20-17(23)13-22-10-4-2-3-5-11-22;;/h6-9,14H,2-5,10-13,19H2,1H3,(H,20,23)(H,21,24);2*1H. The predicted molar refractivity (Wildman–Crippen MR) is 111 cm³/mol. The van der Waals surface area contributed by atoms with E-state index in [1.807, 2.05) is 0 Å². The summed E-state index contributed by atoms with van der Waals surface area (Å²) < 4.78 is 0. The molecule has 1 aromatic rings. The van der Waals surface area contributed by atoms with Gasteiger partial charge >= 0.3 is 0 Å². The molecular weight excluding hydrogens is 375 g/mol. The Hall–Kier alpha value is -1.34. The molecule has 1 fully saturated rings. The smallest absolute Gasteiger partial charge is 0.238 e. The first-order valence-corrected chi connectivity index (χ1v) is 8.71. The van der Waals surface area contributed by atoms with Crippen LogP contribution < -0.4 is 16.4 Å². The summed E-state index contributed by atoms with van der Waals surface area (Å²) in [5, 5.41) is 5.72. The van der Waals surface area contributed by atoms with E-state index in [9.17, 15) is 9.59 Å². The maximum atomic E-state index is 12.1. The van der Waals surface area contributed by atoms with Crippen molar-refractivity contribution >= 4 is 48.0 Å². The Kier molecular flexibility index (Phi) is 12.3. The maximum absolute atomic E-state index is 12.1. The summed E-state index contributed by atoms with van der Waals surface area (Å²) in [5.74, 6) is -0.320. The van der Waals surface area contributed by atoms with Gasteiger partial charge in [-0.1, -0.05) is 19.8 Å². The van der Waals surface area contributed by atoms with Crippen LogP contribution in [-0.2, 0) is 9.59 Å². The van der Waals surface area contributed by atoms with Crippen molar-refractivity contribution in [1.82, 2.24) is 4.90 Å². The second kappa shape index (κ2) is 12.9. The third kappa shape index (κ3) is 8.36. The number of amides is 2. The zero-order chi connectivity index (χ0) is 17.4. The molecule has 0 radical (unpaired) electrons. The quantitative estimate of drug-likeness (QED) is 0.679. The van der Waals surface area contributed by atoms with E-state index in [2.05, 4.69) is 15.5 Å². The number of anilines is 2. The summed E-state index contributed by atoms with van der Waals surface area (Å²) in [4.78, 5) is 26.2. The van der Waals surface area contributed by atoms with Gasteiger partial charge in [-0.25, -0.2) is 0 Å². The van der Waals surface area contributed by atoms with Crippen molar-refractivity contribution in [3.05, 3.63) is 24.3 Å². The molecule has 0 spiro atoms. The minimum atomic E-state index is -0.224. The fraction of sp³-hybridized carbons (Fsp3) is 0.556. The number of nitrogens with zero attached hydrogens (tertiary/aromatic N) is 1. The molecule has 1 aliphatic heterocycles. The third-order valence-corrected chi connectivity index (χ3v) is 4.30. The Balaban J connectivity index is 0.00000312. The van der Waals surface area contributed by atoms with Crippen molar-refractivity contribution in [2.75, 3.05) is 36.8 Å². The lowest BCUT2D eigenvalue weighted by Gasteiger charge is -2.19. The van der Waals surface area contributed by atoms with E-state index in [0.717, 1.165) is 18.8 Å². The number of hydrogen-bond donors (Lipinski definition) is 3. The molecule has 1 heterocycles. The van der Waals surface area contributed by atoms with E-state index in [0.29, 0.717) is 18.8 Å². The van der Waals surface area contributed by atoms with Gasteiger partial charge in [-0.3, -0.25) is 14.5 Å². The molecule has 2 rings (SSSR count). The number of nitrogens with one attached hydrogen (secondary N) is 2. The van der Waals surface area contributed by atoms with Gasteiger partial charge in [-0.05, 0) is 50.2 Å². The highest BCUT2D eigenvalue weighted by Gasteiger charge is 2.13. The third-order valence-electron chi connectivity index (χ3n) is 4.30. The molecule has 1 aliphatic rings. The number of hydrogen-bond acceptors (Lipinski definition) is 4. The van der Waals surface area contributed by atoms with Crippen molar-refractivity contribution in [3.63, 3.8) is 0 Å². The maximum Gasteiger partial charge on any atom is 0.238 e. The van der Waals surface area contributed by atoms with E-state index in [1.165, 1.54) is 25.7 Å². The van der Waals surface area contributed by atoms with Gasteiger partial charge in [0, 0.05) is 23.8 Å². The number of carbonyl (C=O) groups is 2. The number of likely N-dealkylation sites (tertiary alicyclic amines) is 1. The molecule has 1 unspecified atom stereocenters. The molecule has 4 N–H and O–H groups in total. The predicted octanol–water partition coefficient (Wildman–Crippen LogP) is 2.88. The lowest BCUT2D eigenvalue weighted by atomic mass is 10.1. The molecule has 0 aromatic heterocycles. The first kappa shape index (κ1) is 24.7. The SMILES string of the molecule is CC(CN)C(=O)Nc1ccc(NC(=O)CN2CCCCCC2)cc1.Cl.Cl. The largest absolute Gasteiger partial charge is 0.330 e. The van der Waals surface area contributed by atoms with Gasteiger partial charge in [0.05, 0.1) is 6.54 Å². The van der Waals surface area contributed by atoms with Crippen molar-refractivity contribution in [2.24, 2.45) is 11.7 Å². The Bertz CT molecular complexity index is 547. The van der Waals surface area contributed by atoms with Crippen molar-refractivity contribution in [3.8, 4) is 0 Å². The lowest BCUT2D eigenvalue weighted by molar-refractivity contribution is -0.119. The first-order chi connectivity index (χ1) is 11.6. The average molecular weight is 405 g/mol. The summed E-state index contributed by atoms with van der Waals surface area (Å²) >= 11 is 0. The van der Waals surface area contributed by atoms with Crippen LogP contribution in [0.5, 0.6) is 0 Å². The van der Waals surface area contributed by atoms with E-state index in [4.69, 9.17) is 5.73 Å². The summed E-state index contributed by atoms with van der Waals surface area (Å²) in [6.45, 7) is 4.53. The first-order valence-electron chi connectivity index (χ1n) is 8.71. The lowest BCUT2D eigenvalue weighted by Crippen LogP contribution is -2.33. The van der Waals surface area contributed by atoms with Gasteiger partial charge in [-0.15, -0.1) is 24.8 Å². The highest BCUT2D eigenvalue weighted by molar-refractivity contribution is 5.94. The Morgan fingerprint density at radius 1 is 1.00 bits per heavy atom. The van der Waals surface area contributed by atoms with Crippen LogP contribution in [0.25, 0.3) is 0 Å². The van der Waals surface area contributed by atoms with Gasteiger partial charge in [0.1, 0.15) is 0 Å². The molecule has 0 saturated carbocycles. The summed E-state index contributed by atoms with van der Waals surface area (Å²) in [6.07, 6.45) is 4.86. The van der Waals surface area contributed by atoms with Crippen LogP contribution in [0.15, 0.2) is 24.3 Å². The van der Waals surface area contributed by atoms with Gasteiger partial charge in [0.15, 0.2) is 0 Å². The average Bonchev–Trinajstić information content (AvgIpc) is 2.84. The molecule has 1 aromatic carbocycles. The molecule has 1 atom stereocenters. The second-order valence-corrected chi connectivity index (χ2v) is 6.44. The van der Waals surface area contributed by atoms with E-state index in [1.54, 1.807) is 31.2 Å². The topological polar surface area (TPSA) is 87.5 Å². The molecule has 0 bridgehead atoms. The normalized spacial score (nSPS) is 15.6. The highest BCUT2D eigenvalue weighted by atomic mass is 35.5. The Labute approximate surface area is 168 Å². The van der Waals surface area contributed by atoms with Crippen LogP contribution in [-0.4, -0.2) is 42.9 Å². The highest BCUT2D eigenvalue weighted by Crippen LogP contribution is 2.15. The molecule has 2 amide bonds. The minimum absolute atomic E-state index is 0. The van der Waals surface area contributed by atoms with E-state index in [-0.39, 0.29) is 42.5 Å². The van der Waals surface area contributed by atoms with Crippen LogP contribution in [0, 0.1) is 5.92 Å². The van der Waals surface area contributed by atoms with Gasteiger partial charge < -0.3 is 16.4 Å². The summed E-state index contributed by atoms with van der Waals surface area (Å²) in [7, 11) is 0. The van der Waals surface area contributed by atoms with Crippen LogP contribution in [0.2, 0.25) is 0 Å². The number of nitrogens with two attached hydrogens (primary N) is 1. The summed E-state index contributed by atoms with van der Waals surface area (Å²) in [5.41, 5.74) is 6.92. The molecule has 6 nitrogen and oxygen atoms in total. The fourth-order valence-electron chi connectivity index (χ4n) is 2.71. The van der Waals surface area contributed by atoms with Crippen LogP contribution in [0.1, 0.15) is 32.6 Å². The van der Waals surface area contributed by atoms with Crippen molar-refractivity contribution in [1.29, 1.82) is 0 Å². The van der Waals surface area contributed by atoms with Crippen molar-refractivity contribution < 1.29 is 9.59 Å². The zero-order valence-corrected chi connectivity index (χ0v) is 16.8. The van der Waals surface area contributed by atoms with Gasteiger partial charge in [0.2, 0.25) is 11.8 Å². The molecule has 26 heavy (non-hydrogen) atoms. The van der Waals surface area contributed by atoms with Gasteiger partial charge in [-0.2, -0.15) is 0 Å². The Morgan fingerprint density at radius 2 is 1.50 bits per heavy atom. The van der Waals surface area contributed by atoms with E-state index < -0.39 is 0 Å². The van der Waals surface area contributed by atoms with Crippen LogP contribution in [0.3, 0.4) is 0 Å². The van der Waals surface area contributed by atoms with Crippen LogP contribution in [0.4, 0.5) is 11.4 Å². The molecule has 148 valence electrons. The summed E-state index contributed by atoms with van der Waals surface area (Å²) in [6, 6.07) is 7.15.